The third kappa shape index (κ3) is 4.37. The number of ketones is 1. The maximum atomic E-state index is 13.1. The number of benzene rings is 3. The maximum Gasteiger partial charge on any atom is 0.312 e. The summed E-state index contributed by atoms with van der Waals surface area (Å²) < 4.78 is 11.9. The molecule has 0 saturated carbocycles. The van der Waals surface area contributed by atoms with Crippen molar-refractivity contribution >= 4 is 29.0 Å². The van der Waals surface area contributed by atoms with E-state index in [0.29, 0.717) is 27.1 Å². The molecule has 0 N–H and O–H groups in total. The first-order valence-corrected chi connectivity index (χ1v) is 8.71. The molecule has 3 aromatic rings. The van der Waals surface area contributed by atoms with Crippen molar-refractivity contribution in [3.8, 4) is 11.5 Å². The van der Waals surface area contributed by atoms with E-state index >= 15 is 0 Å². The lowest BCUT2D eigenvalue weighted by Crippen LogP contribution is -2.47. The molecule has 0 amide bonds. The molecule has 0 aromatic heterocycles. The van der Waals surface area contributed by atoms with E-state index in [4.69, 9.17) is 32.7 Å². The fourth-order valence-corrected chi connectivity index (χ4v) is 2.67. The Balaban J connectivity index is 1.95. The number of carbonyl (C=O) groups excluding carboxylic acids is 1. The third-order valence-corrected chi connectivity index (χ3v) is 4.20. The predicted molar refractivity (Wildman–Crippen MR) is 103 cm³/mol. The number of ether oxygens (including phenoxy) is 2. The minimum Gasteiger partial charge on any atom is -0.446 e. The molecule has 0 aliphatic heterocycles. The van der Waals surface area contributed by atoms with Crippen LogP contribution < -0.4 is 9.47 Å². The number of rotatable bonds is 6. The van der Waals surface area contributed by atoms with E-state index in [9.17, 15) is 4.79 Å². The highest BCUT2D eigenvalue weighted by molar-refractivity contribution is 6.30. The van der Waals surface area contributed by atoms with Gasteiger partial charge in [-0.15, -0.1) is 0 Å². The van der Waals surface area contributed by atoms with Gasteiger partial charge in [-0.2, -0.15) is 0 Å². The molecule has 0 atom stereocenters. The van der Waals surface area contributed by atoms with Crippen LogP contribution in [0.5, 0.6) is 11.5 Å². The molecule has 0 fully saturated rings. The molecule has 26 heavy (non-hydrogen) atoms. The molecule has 0 aliphatic rings. The van der Waals surface area contributed by atoms with E-state index < -0.39 is 5.79 Å². The fourth-order valence-electron chi connectivity index (χ4n) is 2.42. The number of hydrogen-bond donors (Lipinski definition) is 0. The van der Waals surface area contributed by atoms with Gasteiger partial charge in [-0.1, -0.05) is 53.5 Å². The van der Waals surface area contributed by atoms with Gasteiger partial charge in [0.05, 0.1) is 0 Å². The minimum absolute atomic E-state index is 0.303. The molecular formula is C21H16Cl2O3. The van der Waals surface area contributed by atoms with E-state index in [1.54, 1.807) is 79.7 Å². The molecule has 132 valence electrons. The second-order valence-electron chi connectivity index (χ2n) is 5.75. The van der Waals surface area contributed by atoms with Crippen LogP contribution in [0.3, 0.4) is 0 Å². The minimum atomic E-state index is -1.57. The van der Waals surface area contributed by atoms with Gasteiger partial charge in [0, 0.05) is 22.5 Å². The Labute approximate surface area is 162 Å². The zero-order valence-corrected chi connectivity index (χ0v) is 15.5. The first kappa shape index (κ1) is 18.3. The molecule has 0 bridgehead atoms. The normalized spacial score (nSPS) is 11.0. The van der Waals surface area contributed by atoms with Crippen molar-refractivity contribution in [1.29, 1.82) is 0 Å². The highest BCUT2D eigenvalue weighted by atomic mass is 35.5. The number of hydrogen-bond acceptors (Lipinski definition) is 3. The average molecular weight is 387 g/mol. The lowest BCUT2D eigenvalue weighted by molar-refractivity contribution is -0.0656. The molecule has 0 spiro atoms. The van der Waals surface area contributed by atoms with E-state index in [2.05, 4.69) is 0 Å². The standard InChI is InChI=1S/C21H16Cl2O3/c1-21(20(24)15-5-3-2-4-6-15,25-18-11-7-16(22)8-12-18)26-19-13-9-17(23)10-14-19/h2-14H,1H3. The molecule has 3 nitrogen and oxygen atoms in total. The Bertz CT molecular complexity index is 828. The summed E-state index contributed by atoms with van der Waals surface area (Å²) in [5.74, 6) is -0.934. The Morgan fingerprint density at radius 3 is 1.58 bits per heavy atom. The summed E-state index contributed by atoms with van der Waals surface area (Å²) in [7, 11) is 0. The molecule has 0 unspecified atom stereocenters. The Hall–Kier alpha value is -2.49. The van der Waals surface area contributed by atoms with Crippen LogP contribution in [-0.2, 0) is 0 Å². The Kier molecular flexibility index (Phi) is 5.50. The molecule has 3 rings (SSSR count). The maximum absolute atomic E-state index is 13.1. The van der Waals surface area contributed by atoms with Gasteiger partial charge < -0.3 is 9.47 Å². The Morgan fingerprint density at radius 2 is 1.15 bits per heavy atom. The number of Topliss-reactive ketones (excluding diaryl/α,β-unsaturated/α-hetero) is 1. The van der Waals surface area contributed by atoms with Crippen molar-refractivity contribution < 1.29 is 14.3 Å². The molecule has 0 radical (unpaired) electrons. The van der Waals surface area contributed by atoms with Gasteiger partial charge in [0.15, 0.2) is 0 Å². The zero-order chi connectivity index (χ0) is 18.6. The summed E-state index contributed by atoms with van der Waals surface area (Å²) in [6, 6.07) is 22.3. The smallest absolute Gasteiger partial charge is 0.312 e. The quantitative estimate of drug-likeness (QED) is 0.382. The first-order chi connectivity index (χ1) is 12.5. The largest absolute Gasteiger partial charge is 0.446 e. The summed E-state index contributed by atoms with van der Waals surface area (Å²) in [5.41, 5.74) is 0.484. The monoisotopic (exact) mass is 386 g/mol. The van der Waals surface area contributed by atoms with Gasteiger partial charge >= 0.3 is 5.79 Å². The predicted octanol–water partition coefficient (Wildman–Crippen LogP) is 6.05. The average Bonchev–Trinajstić information content (AvgIpc) is 2.66. The van der Waals surface area contributed by atoms with Crippen molar-refractivity contribution in [2.24, 2.45) is 0 Å². The van der Waals surface area contributed by atoms with Gasteiger partial charge in [0.2, 0.25) is 5.78 Å². The summed E-state index contributed by atoms with van der Waals surface area (Å²) in [5, 5.41) is 1.15. The Morgan fingerprint density at radius 1 is 0.731 bits per heavy atom. The fraction of sp³-hybridized carbons (Fsp3) is 0.0952. The van der Waals surface area contributed by atoms with Gasteiger partial charge in [-0.25, -0.2) is 0 Å². The van der Waals surface area contributed by atoms with Gasteiger partial charge in [-0.05, 0) is 48.5 Å². The van der Waals surface area contributed by atoms with Crippen LogP contribution >= 0.6 is 23.2 Å². The molecule has 0 saturated heterocycles. The second kappa shape index (κ2) is 7.81. The summed E-state index contributed by atoms with van der Waals surface area (Å²) in [4.78, 5) is 13.1. The van der Waals surface area contributed by atoms with E-state index in [1.807, 2.05) is 6.07 Å². The van der Waals surface area contributed by atoms with Gasteiger partial charge in [0.1, 0.15) is 11.5 Å². The molecule has 3 aromatic carbocycles. The zero-order valence-electron chi connectivity index (χ0n) is 14.0. The van der Waals surface area contributed by atoms with Crippen LogP contribution in [0.15, 0.2) is 78.9 Å². The lowest BCUT2D eigenvalue weighted by atomic mass is 10.0. The van der Waals surface area contributed by atoms with E-state index in [1.165, 1.54) is 0 Å². The summed E-state index contributed by atoms with van der Waals surface area (Å²) in [6.07, 6.45) is 0. The molecule has 0 heterocycles. The van der Waals surface area contributed by atoms with Crippen molar-refractivity contribution in [3.05, 3.63) is 94.5 Å². The van der Waals surface area contributed by atoms with Gasteiger partial charge in [-0.3, -0.25) is 4.79 Å². The van der Waals surface area contributed by atoms with Crippen LogP contribution in [0.1, 0.15) is 17.3 Å². The van der Waals surface area contributed by atoms with E-state index in [0.717, 1.165) is 0 Å². The number of carbonyl (C=O) groups is 1. The van der Waals surface area contributed by atoms with E-state index in [-0.39, 0.29) is 5.78 Å². The highest BCUT2D eigenvalue weighted by Gasteiger charge is 2.39. The van der Waals surface area contributed by atoms with Crippen molar-refractivity contribution in [2.75, 3.05) is 0 Å². The van der Waals surface area contributed by atoms with Crippen LogP contribution in [0.4, 0.5) is 0 Å². The topological polar surface area (TPSA) is 35.5 Å². The third-order valence-electron chi connectivity index (χ3n) is 3.70. The highest BCUT2D eigenvalue weighted by Crippen LogP contribution is 2.28. The summed E-state index contributed by atoms with van der Waals surface area (Å²) >= 11 is 11.8. The molecule has 5 heteroatoms. The van der Waals surface area contributed by atoms with Crippen LogP contribution in [-0.4, -0.2) is 11.6 Å². The van der Waals surface area contributed by atoms with Crippen LogP contribution in [0, 0.1) is 0 Å². The van der Waals surface area contributed by atoms with Gasteiger partial charge in [0.25, 0.3) is 0 Å². The SMILES string of the molecule is CC(Oc1ccc(Cl)cc1)(Oc1ccc(Cl)cc1)C(=O)c1ccccc1. The van der Waals surface area contributed by atoms with Crippen LogP contribution in [0.25, 0.3) is 0 Å². The van der Waals surface area contributed by atoms with Crippen molar-refractivity contribution in [2.45, 2.75) is 12.7 Å². The molecular weight excluding hydrogens is 371 g/mol. The van der Waals surface area contributed by atoms with Crippen molar-refractivity contribution in [3.63, 3.8) is 0 Å². The lowest BCUT2D eigenvalue weighted by Gasteiger charge is -2.30. The van der Waals surface area contributed by atoms with Crippen molar-refractivity contribution in [1.82, 2.24) is 0 Å². The van der Waals surface area contributed by atoms with Crippen LogP contribution in [0.2, 0.25) is 10.0 Å². The summed E-state index contributed by atoms with van der Waals surface area (Å²) in [6.45, 7) is 1.59. The second-order valence-corrected chi connectivity index (χ2v) is 6.63. The molecule has 0 aliphatic carbocycles. The number of halogens is 2. The first-order valence-electron chi connectivity index (χ1n) is 7.95.